The fraction of sp³-hybridized carbons (Fsp3) is 0.476. The number of nitrogens with zero attached hydrogens (tertiary/aromatic N) is 5. The average Bonchev–Trinajstić information content (AvgIpc) is 3.33. The van der Waals surface area contributed by atoms with Crippen LogP contribution >= 0.6 is 35.0 Å². The summed E-state index contributed by atoms with van der Waals surface area (Å²) in [6, 6.07) is 1.73. The van der Waals surface area contributed by atoms with Crippen LogP contribution in [0.15, 0.2) is 34.4 Å². The highest BCUT2D eigenvalue weighted by atomic mass is 35.5. The van der Waals surface area contributed by atoms with Gasteiger partial charge in [0.05, 0.1) is 22.1 Å². The summed E-state index contributed by atoms with van der Waals surface area (Å²) in [6.07, 6.45) is 7.24. The Morgan fingerprint density at radius 1 is 1.19 bits per heavy atom. The molecule has 2 aliphatic heterocycles. The number of anilines is 2. The monoisotopic (exact) mass is 493 g/mol. The first-order chi connectivity index (χ1) is 15.2. The summed E-state index contributed by atoms with van der Waals surface area (Å²) in [5.74, 6) is 1.16. The van der Waals surface area contributed by atoms with Gasteiger partial charge in [-0.15, -0.1) is 0 Å². The molecule has 8 nitrogen and oxygen atoms in total. The molecule has 1 atom stereocenters. The van der Waals surface area contributed by atoms with Crippen molar-refractivity contribution in [1.29, 1.82) is 0 Å². The summed E-state index contributed by atoms with van der Waals surface area (Å²) >= 11 is 13.8. The fourth-order valence-corrected chi connectivity index (χ4v) is 6.06. The first-order valence-electron chi connectivity index (χ1n) is 10.5. The van der Waals surface area contributed by atoms with Gasteiger partial charge < -0.3 is 21.1 Å². The zero-order valence-electron chi connectivity index (χ0n) is 17.9. The van der Waals surface area contributed by atoms with E-state index in [4.69, 9.17) is 44.4 Å². The molecule has 0 unspecified atom stereocenters. The second kappa shape index (κ2) is 7.92. The average molecular weight is 494 g/mol. The zero-order valence-corrected chi connectivity index (χ0v) is 20.2. The fourth-order valence-electron chi connectivity index (χ4n) is 4.64. The number of fused-ring (bicyclic) bond motifs is 1. The van der Waals surface area contributed by atoms with Crippen LogP contribution in [-0.2, 0) is 4.74 Å². The van der Waals surface area contributed by atoms with Gasteiger partial charge in [0, 0.05) is 48.0 Å². The van der Waals surface area contributed by atoms with E-state index in [1.54, 1.807) is 12.3 Å². The lowest BCUT2D eigenvalue weighted by Gasteiger charge is -2.42. The molecule has 5 heterocycles. The van der Waals surface area contributed by atoms with Crippen LogP contribution in [0.3, 0.4) is 0 Å². The summed E-state index contributed by atoms with van der Waals surface area (Å²) in [5.41, 5.74) is 13.0. The Balaban J connectivity index is 1.41. The summed E-state index contributed by atoms with van der Waals surface area (Å²) in [7, 11) is 0. The predicted octanol–water partition coefficient (Wildman–Crippen LogP) is 3.89. The smallest absolute Gasteiger partial charge is 0.211 e. The topological polar surface area (TPSA) is 108 Å². The molecule has 3 aromatic rings. The number of hydrogen-bond donors (Lipinski definition) is 2. The molecular formula is C21H25Cl2N7OS. The van der Waals surface area contributed by atoms with Gasteiger partial charge in [-0.25, -0.2) is 15.0 Å². The van der Waals surface area contributed by atoms with Crippen molar-refractivity contribution in [3.63, 3.8) is 0 Å². The molecule has 0 aromatic carbocycles. The molecule has 0 aliphatic carbocycles. The number of hydrogen-bond acceptors (Lipinski definition) is 8. The number of halogens is 2. The number of pyridine rings is 1. The Morgan fingerprint density at radius 3 is 2.62 bits per heavy atom. The van der Waals surface area contributed by atoms with E-state index in [9.17, 15) is 0 Å². The Labute approximate surface area is 200 Å². The molecule has 4 N–H and O–H groups in total. The molecule has 0 bridgehead atoms. The second-order valence-corrected chi connectivity index (χ2v) is 10.9. The lowest BCUT2D eigenvalue weighted by atomic mass is 9.75. The number of rotatable bonds is 3. The van der Waals surface area contributed by atoms with E-state index < -0.39 is 0 Å². The van der Waals surface area contributed by atoms with Gasteiger partial charge in [-0.3, -0.25) is 4.40 Å². The third-order valence-electron chi connectivity index (χ3n) is 6.53. The van der Waals surface area contributed by atoms with Gasteiger partial charge >= 0.3 is 0 Å². The van der Waals surface area contributed by atoms with Crippen molar-refractivity contribution >= 4 is 52.4 Å². The number of aromatic nitrogens is 4. The lowest BCUT2D eigenvalue weighted by molar-refractivity contribution is -0.0236. The molecule has 170 valence electrons. The first kappa shape index (κ1) is 22.0. The third kappa shape index (κ3) is 3.60. The summed E-state index contributed by atoms with van der Waals surface area (Å²) < 4.78 is 8.25. The van der Waals surface area contributed by atoms with Crippen molar-refractivity contribution in [3.05, 3.63) is 34.8 Å². The third-order valence-corrected chi connectivity index (χ3v) is 8.45. The van der Waals surface area contributed by atoms with Gasteiger partial charge in [0.2, 0.25) is 5.95 Å². The van der Waals surface area contributed by atoms with E-state index in [2.05, 4.69) is 28.7 Å². The van der Waals surface area contributed by atoms with Gasteiger partial charge in [-0.05, 0) is 18.9 Å². The Kier molecular flexibility index (Phi) is 5.45. The molecule has 5 rings (SSSR count). The summed E-state index contributed by atoms with van der Waals surface area (Å²) in [4.78, 5) is 17.1. The quantitative estimate of drug-likeness (QED) is 0.529. The van der Waals surface area contributed by atoms with E-state index in [1.165, 1.54) is 11.8 Å². The van der Waals surface area contributed by atoms with Crippen molar-refractivity contribution in [1.82, 2.24) is 19.4 Å². The minimum absolute atomic E-state index is 0.00255. The molecule has 2 saturated heterocycles. The van der Waals surface area contributed by atoms with Crippen LogP contribution in [0.1, 0.15) is 26.7 Å². The van der Waals surface area contributed by atoms with E-state index in [0.29, 0.717) is 22.3 Å². The molecule has 2 aliphatic rings. The van der Waals surface area contributed by atoms with Gasteiger partial charge in [-0.1, -0.05) is 48.8 Å². The predicted molar refractivity (Wildman–Crippen MR) is 128 cm³/mol. The molecular weight excluding hydrogens is 469 g/mol. The van der Waals surface area contributed by atoms with Crippen molar-refractivity contribution < 1.29 is 4.74 Å². The molecule has 1 spiro atoms. The standard InChI is InChI=1S/C21H25Cl2N7OS/c1-20(2)11-31-21(18(20)25)3-6-29(7-4-21)19-27-10-13(17-26-5-8-30(17)19)32-12-9-14(24)28-16(23)15(12)22/h5,8-10,18H,3-4,6-7,11,25H2,1-2H3,(H2,24,28)/t18-/m1/s1. The van der Waals surface area contributed by atoms with E-state index >= 15 is 0 Å². The van der Waals surface area contributed by atoms with Gasteiger partial charge in [0.25, 0.3) is 0 Å². The highest BCUT2D eigenvalue weighted by Gasteiger charge is 2.53. The van der Waals surface area contributed by atoms with E-state index in [-0.39, 0.29) is 22.2 Å². The van der Waals surface area contributed by atoms with Crippen molar-refractivity contribution in [2.24, 2.45) is 11.1 Å². The lowest BCUT2D eigenvalue weighted by Crippen LogP contribution is -2.56. The van der Waals surface area contributed by atoms with Gasteiger partial charge in [-0.2, -0.15) is 0 Å². The van der Waals surface area contributed by atoms with Crippen molar-refractivity contribution in [2.45, 2.75) is 48.1 Å². The molecule has 32 heavy (non-hydrogen) atoms. The first-order valence-corrected chi connectivity index (χ1v) is 12.0. The molecule has 3 aromatic heterocycles. The minimum atomic E-state index is -0.249. The number of imidazole rings is 1. The maximum absolute atomic E-state index is 6.60. The summed E-state index contributed by atoms with van der Waals surface area (Å²) in [5, 5.41) is 0.535. The van der Waals surface area contributed by atoms with Gasteiger partial charge in [0.1, 0.15) is 5.82 Å². The number of nitrogens with two attached hydrogens (primary N) is 2. The molecule has 0 amide bonds. The van der Waals surface area contributed by atoms with Crippen LogP contribution < -0.4 is 16.4 Å². The minimum Gasteiger partial charge on any atom is -0.384 e. The zero-order chi connectivity index (χ0) is 22.7. The Bertz CT molecular complexity index is 1180. The highest BCUT2D eigenvalue weighted by Crippen LogP contribution is 2.44. The molecule has 0 radical (unpaired) electrons. The SMILES string of the molecule is CC1(C)COC2(CCN(c3ncc(Sc4cc(N)nc(Cl)c4Cl)c4nccn34)CC2)[C@@H]1N. The Hall–Kier alpha value is -1.78. The van der Waals surface area contributed by atoms with Crippen molar-refractivity contribution in [2.75, 3.05) is 30.3 Å². The summed E-state index contributed by atoms with van der Waals surface area (Å²) in [6.45, 7) is 6.71. The van der Waals surface area contributed by atoms with Crippen LogP contribution in [0.2, 0.25) is 10.2 Å². The molecule has 0 saturated carbocycles. The van der Waals surface area contributed by atoms with Crippen LogP contribution in [0, 0.1) is 5.41 Å². The highest BCUT2D eigenvalue weighted by molar-refractivity contribution is 7.99. The largest absolute Gasteiger partial charge is 0.384 e. The van der Waals surface area contributed by atoms with Gasteiger partial charge in [0.15, 0.2) is 10.8 Å². The number of nitrogen functional groups attached to an aromatic ring is 1. The van der Waals surface area contributed by atoms with Crippen LogP contribution in [0.5, 0.6) is 0 Å². The van der Waals surface area contributed by atoms with E-state index in [0.717, 1.165) is 42.4 Å². The maximum Gasteiger partial charge on any atom is 0.211 e. The molecule has 2 fully saturated rings. The number of piperidine rings is 1. The normalized spacial score (nSPS) is 22.2. The maximum atomic E-state index is 6.60. The van der Waals surface area contributed by atoms with Crippen LogP contribution in [0.4, 0.5) is 11.8 Å². The molecule has 11 heteroatoms. The van der Waals surface area contributed by atoms with Crippen LogP contribution in [0.25, 0.3) is 5.65 Å². The Morgan fingerprint density at radius 2 is 1.94 bits per heavy atom. The van der Waals surface area contributed by atoms with Crippen LogP contribution in [-0.4, -0.2) is 50.7 Å². The van der Waals surface area contributed by atoms with Crippen molar-refractivity contribution in [3.8, 4) is 0 Å². The second-order valence-electron chi connectivity index (χ2n) is 9.10. The van der Waals surface area contributed by atoms with E-state index in [1.807, 2.05) is 16.8 Å². The number of ether oxygens (including phenoxy) is 1.